The average Bonchev–Trinajstić information content (AvgIpc) is 2.79. The number of carbonyl (C=O) groups is 3. The number of ketones is 1. The van der Waals surface area contributed by atoms with Gasteiger partial charge in [-0.25, -0.2) is 9.59 Å². The summed E-state index contributed by atoms with van der Waals surface area (Å²) in [6, 6.07) is 5.15. The third-order valence-electron chi connectivity index (χ3n) is 7.39. The van der Waals surface area contributed by atoms with Crippen molar-refractivity contribution in [2.75, 3.05) is 19.7 Å². The largest absolute Gasteiger partial charge is 0.462 e. The number of hydrogen-bond donors (Lipinski definition) is 1. The van der Waals surface area contributed by atoms with E-state index in [2.05, 4.69) is 19.2 Å². The molecule has 0 aromatic heterocycles. The van der Waals surface area contributed by atoms with Crippen molar-refractivity contribution < 1.29 is 23.9 Å². The van der Waals surface area contributed by atoms with E-state index in [1.165, 1.54) is 0 Å². The Morgan fingerprint density at radius 2 is 1.69 bits per heavy atom. The minimum Gasteiger partial charge on any atom is -0.462 e. The fourth-order valence-electron chi connectivity index (χ4n) is 5.66. The second-order valence-corrected chi connectivity index (χ2v) is 13.5. The number of amides is 1. The molecule has 1 N–H and O–H groups in total. The lowest BCUT2D eigenvalue weighted by atomic mass is 9.68. The summed E-state index contributed by atoms with van der Waals surface area (Å²) in [5.74, 6) is -0.972. The van der Waals surface area contributed by atoms with Crippen LogP contribution < -0.4 is 5.32 Å². The maximum absolute atomic E-state index is 13.6. The minimum atomic E-state index is -0.623. The number of rotatable bonds is 4. The SMILES string of the molecule is CC1=C(C(=O)OCC2CCN(C(=O)OC(C)(C)C)CC2)C(c2cc(Cl)cc(Cl)c2)C2=C(CC(C)(C)CC2=O)N1. The zero-order valence-corrected chi connectivity index (χ0v) is 25.1. The molecule has 2 heterocycles. The summed E-state index contributed by atoms with van der Waals surface area (Å²) in [6.07, 6.45) is 2.17. The minimum absolute atomic E-state index is 0.00200. The maximum atomic E-state index is 13.6. The van der Waals surface area contributed by atoms with Gasteiger partial charge in [-0.05, 0) is 82.1 Å². The first kappa shape index (κ1) is 29.5. The molecule has 4 rings (SSSR count). The molecule has 0 bridgehead atoms. The molecule has 1 aliphatic carbocycles. The molecule has 9 heteroatoms. The topological polar surface area (TPSA) is 84.9 Å². The molecule has 1 atom stereocenters. The van der Waals surface area contributed by atoms with Gasteiger partial charge >= 0.3 is 12.1 Å². The molecule has 212 valence electrons. The molecule has 1 amide bonds. The highest BCUT2D eigenvalue weighted by atomic mass is 35.5. The molecule has 1 aromatic rings. The van der Waals surface area contributed by atoms with Gasteiger partial charge in [-0.1, -0.05) is 37.0 Å². The quantitative estimate of drug-likeness (QED) is 0.397. The van der Waals surface area contributed by atoms with E-state index >= 15 is 0 Å². The first-order chi connectivity index (χ1) is 18.1. The number of halogens is 2. The molecule has 2 aliphatic heterocycles. The first-order valence-electron chi connectivity index (χ1n) is 13.5. The lowest BCUT2D eigenvalue weighted by Crippen LogP contribution is -2.42. The maximum Gasteiger partial charge on any atom is 0.410 e. The lowest BCUT2D eigenvalue weighted by molar-refractivity contribution is -0.141. The van der Waals surface area contributed by atoms with Crippen molar-refractivity contribution in [3.8, 4) is 0 Å². The Labute approximate surface area is 240 Å². The Morgan fingerprint density at radius 1 is 1.08 bits per heavy atom. The van der Waals surface area contributed by atoms with Crippen molar-refractivity contribution in [2.45, 2.75) is 78.7 Å². The number of likely N-dealkylation sites (tertiary alicyclic amines) is 1. The van der Waals surface area contributed by atoms with Crippen molar-refractivity contribution in [3.05, 3.63) is 56.3 Å². The van der Waals surface area contributed by atoms with E-state index in [-0.39, 0.29) is 29.8 Å². The van der Waals surface area contributed by atoms with Crippen LogP contribution in [0.3, 0.4) is 0 Å². The zero-order valence-electron chi connectivity index (χ0n) is 23.6. The van der Waals surface area contributed by atoms with Crippen molar-refractivity contribution in [1.29, 1.82) is 0 Å². The number of Topliss-reactive ketones (excluding diaryl/α,β-unsaturated/α-hetero) is 1. The van der Waals surface area contributed by atoms with Crippen LogP contribution in [0.5, 0.6) is 0 Å². The summed E-state index contributed by atoms with van der Waals surface area (Å²) in [4.78, 5) is 41.2. The molecule has 7 nitrogen and oxygen atoms in total. The molecule has 3 aliphatic rings. The predicted octanol–water partition coefficient (Wildman–Crippen LogP) is 6.79. The highest BCUT2D eigenvalue weighted by molar-refractivity contribution is 6.34. The van der Waals surface area contributed by atoms with Crippen molar-refractivity contribution in [3.63, 3.8) is 0 Å². The van der Waals surface area contributed by atoms with E-state index in [0.717, 1.165) is 5.70 Å². The molecule has 0 saturated carbocycles. The first-order valence-corrected chi connectivity index (χ1v) is 14.2. The number of esters is 1. The summed E-state index contributed by atoms with van der Waals surface area (Å²) >= 11 is 12.7. The summed E-state index contributed by atoms with van der Waals surface area (Å²) in [6.45, 7) is 12.8. The van der Waals surface area contributed by atoms with Gasteiger partial charge in [0.05, 0.1) is 12.2 Å². The highest BCUT2D eigenvalue weighted by Crippen LogP contribution is 2.47. The van der Waals surface area contributed by atoms with Gasteiger partial charge in [0.15, 0.2) is 5.78 Å². The monoisotopic (exact) mass is 576 g/mol. The van der Waals surface area contributed by atoms with Crippen LogP contribution in [0.2, 0.25) is 10.0 Å². The number of piperidine rings is 1. The van der Waals surface area contributed by atoms with Crippen LogP contribution in [0.15, 0.2) is 40.7 Å². The van der Waals surface area contributed by atoms with Gasteiger partial charge in [-0.3, -0.25) is 4.79 Å². The number of dihydropyridines is 1. The lowest BCUT2D eigenvalue weighted by Gasteiger charge is -2.39. The molecule has 0 radical (unpaired) electrons. The van der Waals surface area contributed by atoms with Crippen LogP contribution in [0.1, 0.15) is 78.7 Å². The van der Waals surface area contributed by atoms with Crippen LogP contribution in [0, 0.1) is 11.3 Å². The normalized spacial score (nSPS) is 21.9. The summed E-state index contributed by atoms with van der Waals surface area (Å²) in [5, 5.41) is 4.22. The van der Waals surface area contributed by atoms with Gasteiger partial charge in [0, 0.05) is 52.4 Å². The number of carbonyl (C=O) groups excluding carboxylic acids is 3. The van der Waals surface area contributed by atoms with Crippen molar-refractivity contribution in [2.24, 2.45) is 11.3 Å². The van der Waals surface area contributed by atoms with E-state index in [9.17, 15) is 14.4 Å². The molecule has 1 fully saturated rings. The van der Waals surface area contributed by atoms with E-state index < -0.39 is 17.5 Å². The van der Waals surface area contributed by atoms with Crippen molar-refractivity contribution in [1.82, 2.24) is 10.2 Å². The van der Waals surface area contributed by atoms with E-state index in [1.54, 1.807) is 23.1 Å². The summed E-state index contributed by atoms with van der Waals surface area (Å²) in [5.41, 5.74) is 2.42. The number of benzene rings is 1. The molecular formula is C30H38Cl2N2O5. The smallest absolute Gasteiger partial charge is 0.410 e. The third-order valence-corrected chi connectivity index (χ3v) is 7.83. The number of hydrogen-bond acceptors (Lipinski definition) is 6. The Morgan fingerprint density at radius 3 is 2.28 bits per heavy atom. The fourth-order valence-corrected chi connectivity index (χ4v) is 6.20. The van der Waals surface area contributed by atoms with E-state index in [4.69, 9.17) is 32.7 Å². The molecular weight excluding hydrogens is 539 g/mol. The number of allylic oxidation sites excluding steroid dienone is 3. The Kier molecular flexibility index (Phi) is 8.44. The van der Waals surface area contributed by atoms with Gasteiger partial charge in [0.25, 0.3) is 0 Å². The second-order valence-electron chi connectivity index (χ2n) is 12.6. The molecule has 0 spiro atoms. The second kappa shape index (κ2) is 11.2. The Bertz CT molecular complexity index is 1220. The number of ether oxygens (including phenoxy) is 2. The van der Waals surface area contributed by atoms with Crippen LogP contribution >= 0.6 is 23.2 Å². The van der Waals surface area contributed by atoms with Gasteiger partial charge in [0.1, 0.15) is 5.60 Å². The van der Waals surface area contributed by atoms with Crippen LogP contribution in [-0.2, 0) is 19.1 Å². The Balaban J connectivity index is 1.52. The van der Waals surface area contributed by atoms with Crippen LogP contribution in [0.4, 0.5) is 4.79 Å². The van der Waals surface area contributed by atoms with Crippen LogP contribution in [0.25, 0.3) is 0 Å². The zero-order chi connectivity index (χ0) is 28.7. The van der Waals surface area contributed by atoms with Crippen molar-refractivity contribution >= 4 is 41.0 Å². The molecule has 1 saturated heterocycles. The highest BCUT2D eigenvalue weighted by Gasteiger charge is 2.43. The molecule has 39 heavy (non-hydrogen) atoms. The standard InChI is InChI=1S/C30H38Cl2N2O5/c1-17-24(27(36)38-16-18-7-9-34(10-8-18)28(37)39-29(2,3)4)25(19-11-20(31)13-21(32)12-19)26-22(33-17)14-30(5,6)15-23(26)35/h11-13,18,25,33H,7-10,14-16H2,1-6H3. The average molecular weight is 578 g/mol. The van der Waals surface area contributed by atoms with Gasteiger partial charge in [0.2, 0.25) is 0 Å². The van der Waals surface area contributed by atoms with Gasteiger partial charge < -0.3 is 19.7 Å². The van der Waals surface area contributed by atoms with E-state index in [1.807, 2.05) is 27.7 Å². The Hall–Kier alpha value is -2.51. The molecule has 1 aromatic carbocycles. The summed E-state index contributed by atoms with van der Waals surface area (Å²) in [7, 11) is 0. The molecule has 1 unspecified atom stereocenters. The summed E-state index contributed by atoms with van der Waals surface area (Å²) < 4.78 is 11.3. The number of nitrogens with one attached hydrogen (secondary N) is 1. The van der Waals surface area contributed by atoms with E-state index in [0.29, 0.717) is 71.2 Å². The van der Waals surface area contributed by atoms with Gasteiger partial charge in [-0.2, -0.15) is 0 Å². The van der Waals surface area contributed by atoms with Crippen LogP contribution in [-0.4, -0.2) is 48.0 Å². The third kappa shape index (κ3) is 6.98. The number of nitrogens with zero attached hydrogens (tertiary/aromatic N) is 1. The van der Waals surface area contributed by atoms with Gasteiger partial charge in [-0.15, -0.1) is 0 Å². The predicted molar refractivity (Wildman–Crippen MR) is 152 cm³/mol. The fraction of sp³-hybridized carbons (Fsp3) is 0.567.